The number of carbonyl (C=O) groups excluding carboxylic acids is 3. The number of ether oxygens (including phenoxy) is 2. The first kappa shape index (κ1) is 22.4. The molecule has 1 aromatic carbocycles. The van der Waals surface area contributed by atoms with Gasteiger partial charge in [0.25, 0.3) is 11.8 Å². The first-order chi connectivity index (χ1) is 15.4. The van der Waals surface area contributed by atoms with Crippen LogP contribution in [-0.2, 0) is 9.59 Å². The minimum Gasteiger partial charge on any atom is -0.497 e. The number of hydrazine groups is 1. The van der Waals surface area contributed by atoms with E-state index in [1.807, 2.05) is 23.1 Å². The molecule has 174 valence electrons. The lowest BCUT2D eigenvalue weighted by Gasteiger charge is -2.33. The lowest BCUT2D eigenvalue weighted by Crippen LogP contribution is -2.52. The molecule has 4 amide bonds. The standard InChI is InChI=1S/C23H32N4O5/c1-15-8-10-23(11-9-15)21(29)27(22(30)24-23)25-20(28)14-26-12-4-5-18(26)17-13-16(31-2)6-7-19(17)32-3/h6-7,13,15,18H,4-5,8-12,14H2,1-3H3,(H,24,30)(H,25,28). The summed E-state index contributed by atoms with van der Waals surface area (Å²) < 4.78 is 10.9. The Morgan fingerprint density at radius 2 is 1.94 bits per heavy atom. The van der Waals surface area contributed by atoms with Gasteiger partial charge in [-0.25, -0.2) is 4.79 Å². The van der Waals surface area contributed by atoms with Crippen LogP contribution in [-0.4, -0.2) is 60.6 Å². The number of amides is 4. The molecule has 1 aliphatic carbocycles. The zero-order valence-electron chi connectivity index (χ0n) is 19.0. The summed E-state index contributed by atoms with van der Waals surface area (Å²) in [5.41, 5.74) is 2.63. The van der Waals surface area contributed by atoms with Crippen LogP contribution in [0, 0.1) is 5.92 Å². The van der Waals surface area contributed by atoms with Crippen LogP contribution < -0.4 is 20.2 Å². The number of nitrogens with zero attached hydrogens (tertiary/aromatic N) is 2. The largest absolute Gasteiger partial charge is 0.497 e. The first-order valence-electron chi connectivity index (χ1n) is 11.3. The number of nitrogens with one attached hydrogen (secondary N) is 2. The quantitative estimate of drug-likeness (QED) is 0.654. The third kappa shape index (κ3) is 4.13. The summed E-state index contributed by atoms with van der Waals surface area (Å²) in [5.74, 6) is 1.27. The number of likely N-dealkylation sites (tertiary alicyclic amines) is 1. The van der Waals surface area contributed by atoms with Crippen molar-refractivity contribution in [1.82, 2.24) is 20.7 Å². The lowest BCUT2D eigenvalue weighted by molar-refractivity contribution is -0.140. The fraction of sp³-hybridized carbons (Fsp3) is 0.609. The Hall–Kier alpha value is -2.81. The molecular formula is C23H32N4O5. The number of rotatable bonds is 6. The van der Waals surface area contributed by atoms with Crippen LogP contribution in [0.4, 0.5) is 4.79 Å². The lowest BCUT2D eigenvalue weighted by atomic mass is 9.77. The second-order valence-electron chi connectivity index (χ2n) is 9.11. The third-order valence-electron chi connectivity index (χ3n) is 7.03. The van der Waals surface area contributed by atoms with E-state index in [2.05, 4.69) is 17.7 Å². The van der Waals surface area contributed by atoms with Crippen molar-refractivity contribution >= 4 is 17.8 Å². The second kappa shape index (κ2) is 8.97. The van der Waals surface area contributed by atoms with E-state index >= 15 is 0 Å². The average Bonchev–Trinajstić information content (AvgIpc) is 3.33. The highest BCUT2D eigenvalue weighted by Crippen LogP contribution is 2.39. The summed E-state index contributed by atoms with van der Waals surface area (Å²) >= 11 is 0. The second-order valence-corrected chi connectivity index (χ2v) is 9.11. The Labute approximate surface area is 188 Å². The number of imide groups is 1. The Balaban J connectivity index is 1.43. The van der Waals surface area contributed by atoms with Crippen molar-refractivity contribution in [3.05, 3.63) is 23.8 Å². The molecule has 0 radical (unpaired) electrons. The maximum absolute atomic E-state index is 13.0. The molecule has 3 aliphatic rings. The van der Waals surface area contributed by atoms with E-state index in [-0.39, 0.29) is 24.4 Å². The average molecular weight is 445 g/mol. The van der Waals surface area contributed by atoms with Crippen LogP contribution >= 0.6 is 0 Å². The molecular weight excluding hydrogens is 412 g/mol. The Kier molecular flexibility index (Phi) is 6.28. The highest BCUT2D eigenvalue weighted by atomic mass is 16.5. The van der Waals surface area contributed by atoms with Crippen molar-refractivity contribution in [2.24, 2.45) is 5.92 Å². The van der Waals surface area contributed by atoms with Crippen molar-refractivity contribution in [2.75, 3.05) is 27.3 Å². The molecule has 1 unspecified atom stereocenters. The minimum absolute atomic E-state index is 0.0138. The number of urea groups is 1. The highest BCUT2D eigenvalue weighted by molar-refractivity contribution is 6.08. The predicted molar refractivity (Wildman–Crippen MR) is 117 cm³/mol. The molecule has 2 N–H and O–H groups in total. The summed E-state index contributed by atoms with van der Waals surface area (Å²) in [6.45, 7) is 2.96. The van der Waals surface area contributed by atoms with Gasteiger partial charge in [-0.1, -0.05) is 6.92 Å². The van der Waals surface area contributed by atoms with Crippen molar-refractivity contribution in [3.8, 4) is 11.5 Å². The van der Waals surface area contributed by atoms with Crippen LogP contribution in [0.3, 0.4) is 0 Å². The molecule has 1 aromatic rings. The van der Waals surface area contributed by atoms with Gasteiger partial charge in [0.1, 0.15) is 17.0 Å². The molecule has 4 rings (SSSR count). The van der Waals surface area contributed by atoms with Gasteiger partial charge in [-0.05, 0) is 69.2 Å². The zero-order valence-corrected chi connectivity index (χ0v) is 19.0. The number of hydrogen-bond donors (Lipinski definition) is 2. The normalized spacial score (nSPS) is 28.2. The maximum Gasteiger partial charge on any atom is 0.344 e. The van der Waals surface area contributed by atoms with Gasteiger partial charge in [0.15, 0.2) is 0 Å². The van der Waals surface area contributed by atoms with E-state index in [1.54, 1.807) is 14.2 Å². The molecule has 3 fully saturated rings. The van der Waals surface area contributed by atoms with Gasteiger partial charge >= 0.3 is 6.03 Å². The van der Waals surface area contributed by atoms with Gasteiger partial charge < -0.3 is 14.8 Å². The highest BCUT2D eigenvalue weighted by Gasteiger charge is 2.53. The maximum atomic E-state index is 13.0. The minimum atomic E-state index is -0.874. The Morgan fingerprint density at radius 1 is 1.19 bits per heavy atom. The number of methoxy groups -OCH3 is 2. The molecule has 1 saturated carbocycles. The van der Waals surface area contributed by atoms with Crippen molar-refractivity contribution < 1.29 is 23.9 Å². The fourth-order valence-electron chi connectivity index (χ4n) is 5.13. The predicted octanol–water partition coefficient (Wildman–Crippen LogP) is 2.37. The molecule has 1 spiro atoms. The smallest absolute Gasteiger partial charge is 0.344 e. The van der Waals surface area contributed by atoms with Gasteiger partial charge in [0.05, 0.1) is 20.8 Å². The zero-order chi connectivity index (χ0) is 22.9. The number of benzene rings is 1. The summed E-state index contributed by atoms with van der Waals surface area (Å²) in [6, 6.07) is 5.08. The molecule has 32 heavy (non-hydrogen) atoms. The fourth-order valence-corrected chi connectivity index (χ4v) is 5.13. The molecule has 9 heteroatoms. The van der Waals surface area contributed by atoms with Crippen LogP contribution in [0.25, 0.3) is 0 Å². The van der Waals surface area contributed by atoms with E-state index in [0.29, 0.717) is 18.8 Å². The van der Waals surface area contributed by atoms with Gasteiger partial charge in [0.2, 0.25) is 0 Å². The van der Waals surface area contributed by atoms with Gasteiger partial charge in [0, 0.05) is 11.6 Å². The molecule has 2 aliphatic heterocycles. The van der Waals surface area contributed by atoms with Crippen LogP contribution in [0.5, 0.6) is 11.5 Å². The Morgan fingerprint density at radius 3 is 2.62 bits per heavy atom. The van der Waals surface area contributed by atoms with E-state index in [0.717, 1.165) is 54.3 Å². The molecule has 2 saturated heterocycles. The SMILES string of the molecule is COc1ccc(OC)c(C2CCCN2CC(=O)NN2C(=O)NC3(CCC(C)CC3)C2=O)c1. The Bertz CT molecular complexity index is 896. The monoisotopic (exact) mass is 444 g/mol. The topological polar surface area (TPSA) is 100 Å². The number of carbonyl (C=O) groups is 3. The van der Waals surface area contributed by atoms with Crippen LogP contribution in [0.15, 0.2) is 18.2 Å². The van der Waals surface area contributed by atoms with E-state index in [1.165, 1.54) is 0 Å². The van der Waals surface area contributed by atoms with Crippen molar-refractivity contribution in [3.63, 3.8) is 0 Å². The van der Waals surface area contributed by atoms with Crippen molar-refractivity contribution in [2.45, 2.75) is 57.0 Å². The van der Waals surface area contributed by atoms with Crippen molar-refractivity contribution in [1.29, 1.82) is 0 Å². The molecule has 1 atom stereocenters. The molecule has 0 bridgehead atoms. The summed E-state index contributed by atoms with van der Waals surface area (Å²) in [5, 5.41) is 3.70. The van der Waals surface area contributed by atoms with E-state index in [4.69, 9.17) is 9.47 Å². The summed E-state index contributed by atoms with van der Waals surface area (Å²) in [6.07, 6.45) is 4.78. The van der Waals surface area contributed by atoms with Gasteiger partial charge in [-0.15, -0.1) is 0 Å². The first-order valence-corrected chi connectivity index (χ1v) is 11.3. The van der Waals surface area contributed by atoms with Gasteiger partial charge in [-0.3, -0.25) is 19.9 Å². The number of hydrogen-bond acceptors (Lipinski definition) is 6. The summed E-state index contributed by atoms with van der Waals surface area (Å²) in [7, 11) is 3.24. The third-order valence-corrected chi connectivity index (χ3v) is 7.03. The molecule has 0 aromatic heterocycles. The van der Waals surface area contributed by atoms with E-state index in [9.17, 15) is 14.4 Å². The van der Waals surface area contributed by atoms with Gasteiger partial charge in [-0.2, -0.15) is 5.01 Å². The molecule has 2 heterocycles. The van der Waals surface area contributed by atoms with E-state index < -0.39 is 11.6 Å². The summed E-state index contributed by atoms with van der Waals surface area (Å²) in [4.78, 5) is 40.4. The molecule has 9 nitrogen and oxygen atoms in total. The van der Waals surface area contributed by atoms with Crippen LogP contribution in [0.1, 0.15) is 57.1 Å². The van der Waals surface area contributed by atoms with Crippen LogP contribution in [0.2, 0.25) is 0 Å².